The number of hydrogen-bond donors (Lipinski definition) is 1. The molecule has 1 aliphatic heterocycles. The van der Waals surface area contributed by atoms with Gasteiger partial charge in [0, 0.05) is 31.1 Å². The number of rotatable bonds is 8. The number of nitrogens with zero attached hydrogens (tertiary/aromatic N) is 2. The molecule has 13 nitrogen and oxygen atoms in total. The number of sulfonamides is 1. The number of esters is 1. The van der Waals surface area contributed by atoms with Crippen LogP contribution in [0.2, 0.25) is 0 Å². The summed E-state index contributed by atoms with van der Waals surface area (Å²) in [6, 6.07) is 6.94. The van der Waals surface area contributed by atoms with Crippen LogP contribution in [0.25, 0.3) is 0 Å². The van der Waals surface area contributed by atoms with Crippen molar-refractivity contribution in [2.24, 2.45) is 0 Å². The van der Waals surface area contributed by atoms with Crippen molar-refractivity contribution in [3.63, 3.8) is 0 Å². The molecule has 3 rings (SSSR count). The molecule has 1 amide bonds. The first kappa shape index (κ1) is 27.2. The molecule has 2 aromatic rings. The van der Waals surface area contributed by atoms with Crippen molar-refractivity contribution in [3.05, 3.63) is 57.6 Å². The van der Waals surface area contributed by atoms with Crippen LogP contribution in [0.4, 0.5) is 11.4 Å². The minimum absolute atomic E-state index is 0.0272. The highest BCUT2D eigenvalue weighted by atomic mass is 32.2. The highest BCUT2D eigenvalue weighted by molar-refractivity contribution is 7.90. The molecule has 1 aliphatic rings. The summed E-state index contributed by atoms with van der Waals surface area (Å²) in [7, 11) is -7.72. The Bertz CT molecular complexity index is 1420. The average molecular weight is 542 g/mol. The molecular weight excluding hydrogens is 518 g/mol. The number of nitro groups is 1. The molecule has 0 aromatic heterocycles. The normalized spacial score (nSPS) is 14.7. The van der Waals surface area contributed by atoms with Gasteiger partial charge >= 0.3 is 5.97 Å². The standard InChI is InChI=1S/C21H23N3O10S2/c1-14-3-5-16(36(31,32)23-7-9-33-10-8-23)12-17(14)22-20(25)13-34-21(26)15-4-6-19(35(2,29)30)18(11-15)24(27)28/h3-6,11-12H,7-10,13H2,1-2H3,(H,22,25). The van der Waals surface area contributed by atoms with Crippen molar-refractivity contribution in [1.82, 2.24) is 4.31 Å². The number of anilines is 1. The third-order valence-electron chi connectivity index (χ3n) is 5.22. The van der Waals surface area contributed by atoms with Gasteiger partial charge < -0.3 is 14.8 Å². The summed E-state index contributed by atoms with van der Waals surface area (Å²) in [5.41, 5.74) is -0.372. The second-order valence-corrected chi connectivity index (χ2v) is 11.8. The van der Waals surface area contributed by atoms with Crippen LogP contribution in [0.15, 0.2) is 46.2 Å². The molecule has 15 heteroatoms. The Balaban J connectivity index is 1.70. The summed E-state index contributed by atoms with van der Waals surface area (Å²) < 4.78 is 60.5. The average Bonchev–Trinajstić information content (AvgIpc) is 2.83. The van der Waals surface area contributed by atoms with Crippen molar-refractivity contribution in [2.45, 2.75) is 16.7 Å². The third-order valence-corrected chi connectivity index (χ3v) is 8.25. The maximum absolute atomic E-state index is 12.9. The van der Waals surface area contributed by atoms with E-state index in [-0.39, 0.29) is 42.4 Å². The summed E-state index contributed by atoms with van der Waals surface area (Å²) in [6.07, 6.45) is 0.792. The molecule has 0 atom stereocenters. The molecular formula is C21H23N3O10S2. The van der Waals surface area contributed by atoms with Gasteiger partial charge in [-0.3, -0.25) is 14.9 Å². The van der Waals surface area contributed by atoms with Gasteiger partial charge in [-0.2, -0.15) is 4.31 Å². The van der Waals surface area contributed by atoms with Crippen LogP contribution in [0.5, 0.6) is 0 Å². The fourth-order valence-corrected chi connectivity index (χ4v) is 5.60. The molecule has 0 radical (unpaired) electrons. The van der Waals surface area contributed by atoms with Crippen molar-refractivity contribution in [2.75, 3.05) is 44.5 Å². The Hall–Kier alpha value is -3.40. The monoisotopic (exact) mass is 541 g/mol. The zero-order chi connectivity index (χ0) is 26.7. The second kappa shape index (κ2) is 10.7. The minimum Gasteiger partial charge on any atom is -0.452 e. The third kappa shape index (κ3) is 6.23. The molecule has 0 spiro atoms. The fraction of sp³-hybridized carbons (Fsp3) is 0.333. The number of morpholine rings is 1. The van der Waals surface area contributed by atoms with Gasteiger partial charge in [-0.25, -0.2) is 21.6 Å². The lowest BCUT2D eigenvalue weighted by molar-refractivity contribution is -0.387. The Morgan fingerprint density at radius 2 is 1.78 bits per heavy atom. The first-order valence-electron chi connectivity index (χ1n) is 10.4. The van der Waals surface area contributed by atoms with Crippen LogP contribution in [0.1, 0.15) is 15.9 Å². The first-order valence-corrected chi connectivity index (χ1v) is 13.8. The van der Waals surface area contributed by atoms with Crippen LogP contribution in [0, 0.1) is 17.0 Å². The molecule has 1 saturated heterocycles. The Labute approximate surface area is 207 Å². The van der Waals surface area contributed by atoms with E-state index in [1.165, 1.54) is 22.5 Å². The summed E-state index contributed by atoms with van der Waals surface area (Å²) in [6.45, 7) is 1.84. The molecule has 36 heavy (non-hydrogen) atoms. The highest BCUT2D eigenvalue weighted by Gasteiger charge is 2.27. The second-order valence-electron chi connectivity index (χ2n) is 7.83. The van der Waals surface area contributed by atoms with Crippen LogP contribution in [-0.4, -0.2) is 77.1 Å². The number of nitrogens with one attached hydrogen (secondary N) is 1. The predicted molar refractivity (Wildman–Crippen MR) is 126 cm³/mol. The van der Waals surface area contributed by atoms with Crippen molar-refractivity contribution >= 4 is 43.1 Å². The topological polar surface area (TPSA) is 179 Å². The van der Waals surface area contributed by atoms with E-state index < -0.39 is 53.9 Å². The number of carbonyl (C=O) groups is 2. The zero-order valence-corrected chi connectivity index (χ0v) is 20.9. The van der Waals surface area contributed by atoms with Gasteiger partial charge in [-0.15, -0.1) is 0 Å². The van der Waals surface area contributed by atoms with Gasteiger partial charge in [0.25, 0.3) is 11.6 Å². The Kier molecular flexibility index (Phi) is 8.08. The van der Waals surface area contributed by atoms with Crippen molar-refractivity contribution in [3.8, 4) is 0 Å². The van der Waals surface area contributed by atoms with Crippen LogP contribution < -0.4 is 5.32 Å². The van der Waals surface area contributed by atoms with Gasteiger partial charge in [-0.05, 0) is 36.8 Å². The quantitative estimate of drug-likeness (QED) is 0.289. The van der Waals surface area contributed by atoms with Gasteiger partial charge in [0.2, 0.25) is 10.0 Å². The Morgan fingerprint density at radius 1 is 1.11 bits per heavy atom. The number of aryl methyl sites for hydroxylation is 1. The maximum atomic E-state index is 12.9. The SMILES string of the molecule is Cc1ccc(S(=O)(=O)N2CCOCC2)cc1NC(=O)COC(=O)c1ccc(S(C)(=O)=O)c([N+](=O)[O-])c1. The number of ether oxygens (including phenoxy) is 2. The molecule has 0 aliphatic carbocycles. The largest absolute Gasteiger partial charge is 0.452 e. The summed E-state index contributed by atoms with van der Waals surface area (Å²) in [5, 5.41) is 13.7. The molecule has 1 fully saturated rings. The number of nitro benzene ring substituents is 1. The Morgan fingerprint density at radius 3 is 2.39 bits per heavy atom. The summed E-state index contributed by atoms with van der Waals surface area (Å²) in [4.78, 5) is 34.3. The molecule has 1 N–H and O–H groups in total. The molecule has 0 bridgehead atoms. The fourth-order valence-electron chi connectivity index (χ4n) is 3.33. The lowest BCUT2D eigenvalue weighted by atomic mass is 10.2. The predicted octanol–water partition coefficient (Wildman–Crippen LogP) is 1.12. The minimum atomic E-state index is -3.92. The molecule has 0 unspecified atom stereocenters. The van der Waals surface area contributed by atoms with E-state index in [4.69, 9.17) is 9.47 Å². The van der Waals surface area contributed by atoms with Gasteiger partial charge in [0.05, 0.1) is 28.6 Å². The molecule has 1 heterocycles. The van der Waals surface area contributed by atoms with Crippen molar-refractivity contribution in [1.29, 1.82) is 0 Å². The highest BCUT2D eigenvalue weighted by Crippen LogP contribution is 2.26. The van der Waals surface area contributed by atoms with E-state index in [1.54, 1.807) is 6.92 Å². The number of carbonyl (C=O) groups excluding carboxylic acids is 2. The van der Waals surface area contributed by atoms with E-state index in [0.717, 1.165) is 24.5 Å². The smallest absolute Gasteiger partial charge is 0.338 e. The zero-order valence-electron chi connectivity index (χ0n) is 19.3. The van der Waals surface area contributed by atoms with Crippen LogP contribution >= 0.6 is 0 Å². The lowest BCUT2D eigenvalue weighted by Gasteiger charge is -2.26. The van der Waals surface area contributed by atoms with E-state index in [2.05, 4.69) is 5.32 Å². The molecule has 194 valence electrons. The van der Waals surface area contributed by atoms with Crippen LogP contribution in [-0.2, 0) is 34.1 Å². The maximum Gasteiger partial charge on any atom is 0.338 e. The van der Waals surface area contributed by atoms with Gasteiger partial charge in [0.15, 0.2) is 16.4 Å². The number of sulfone groups is 1. The van der Waals surface area contributed by atoms with E-state index in [9.17, 15) is 36.5 Å². The van der Waals surface area contributed by atoms with E-state index >= 15 is 0 Å². The number of benzene rings is 2. The summed E-state index contributed by atoms with van der Waals surface area (Å²) in [5.74, 6) is -1.87. The number of amides is 1. The van der Waals surface area contributed by atoms with E-state index in [0.29, 0.717) is 5.56 Å². The summed E-state index contributed by atoms with van der Waals surface area (Å²) >= 11 is 0. The molecule has 0 saturated carbocycles. The van der Waals surface area contributed by atoms with Gasteiger partial charge in [-0.1, -0.05) is 6.07 Å². The number of hydrogen-bond acceptors (Lipinski definition) is 10. The lowest BCUT2D eigenvalue weighted by Crippen LogP contribution is -2.40. The van der Waals surface area contributed by atoms with Gasteiger partial charge in [0.1, 0.15) is 4.90 Å². The van der Waals surface area contributed by atoms with Crippen LogP contribution in [0.3, 0.4) is 0 Å². The first-order chi connectivity index (χ1) is 16.8. The van der Waals surface area contributed by atoms with Crippen molar-refractivity contribution < 1.29 is 40.8 Å². The van der Waals surface area contributed by atoms with E-state index in [1.807, 2.05) is 0 Å². The molecule has 2 aromatic carbocycles.